The van der Waals surface area contributed by atoms with E-state index in [0.717, 1.165) is 12.1 Å². The molecule has 22 heavy (non-hydrogen) atoms. The van der Waals surface area contributed by atoms with Gasteiger partial charge in [-0.25, -0.2) is 8.78 Å². The maximum absolute atomic E-state index is 13.0. The van der Waals surface area contributed by atoms with Crippen LogP contribution in [0.25, 0.3) is 6.08 Å². The standard InChI is InChI=1S/C15H10F2N2O3/c16-13-7-4-11(9-14(13)17)18-15(20)8-3-10-1-5-12(6-2-10)19(21)22/h1-9H,(H,18,20). The highest BCUT2D eigenvalue weighted by atomic mass is 19.2. The van der Waals surface area contributed by atoms with E-state index in [-0.39, 0.29) is 11.4 Å². The van der Waals surface area contributed by atoms with Crippen LogP contribution in [-0.4, -0.2) is 10.8 Å². The first-order valence-corrected chi connectivity index (χ1v) is 6.14. The minimum Gasteiger partial charge on any atom is -0.322 e. The van der Waals surface area contributed by atoms with Crippen LogP contribution in [0, 0.1) is 21.7 Å². The predicted octanol–water partition coefficient (Wildman–Crippen LogP) is 3.52. The highest BCUT2D eigenvalue weighted by Crippen LogP contribution is 2.14. The molecular weight excluding hydrogens is 294 g/mol. The summed E-state index contributed by atoms with van der Waals surface area (Å²) < 4.78 is 25.7. The van der Waals surface area contributed by atoms with Gasteiger partial charge in [-0.15, -0.1) is 0 Å². The number of benzene rings is 2. The average molecular weight is 304 g/mol. The van der Waals surface area contributed by atoms with Gasteiger partial charge in [0.15, 0.2) is 11.6 Å². The molecule has 0 heterocycles. The van der Waals surface area contributed by atoms with E-state index in [1.807, 2.05) is 0 Å². The molecule has 0 atom stereocenters. The van der Waals surface area contributed by atoms with Gasteiger partial charge in [0.1, 0.15) is 0 Å². The number of anilines is 1. The maximum Gasteiger partial charge on any atom is 0.269 e. The second-order valence-electron chi connectivity index (χ2n) is 4.30. The Morgan fingerprint density at radius 1 is 1.09 bits per heavy atom. The molecule has 112 valence electrons. The number of carbonyl (C=O) groups excluding carboxylic acids is 1. The van der Waals surface area contributed by atoms with Gasteiger partial charge in [-0.05, 0) is 35.9 Å². The maximum atomic E-state index is 13.0. The summed E-state index contributed by atoms with van der Waals surface area (Å²) in [6, 6.07) is 8.60. The van der Waals surface area contributed by atoms with Crippen molar-refractivity contribution in [3.63, 3.8) is 0 Å². The molecule has 0 saturated carbocycles. The highest BCUT2D eigenvalue weighted by Gasteiger charge is 2.05. The third-order valence-electron chi connectivity index (χ3n) is 2.72. The minimum atomic E-state index is -1.06. The summed E-state index contributed by atoms with van der Waals surface area (Å²) in [7, 11) is 0. The quantitative estimate of drug-likeness (QED) is 0.533. The lowest BCUT2D eigenvalue weighted by Gasteiger charge is -2.02. The summed E-state index contributed by atoms with van der Waals surface area (Å²) in [5.41, 5.74) is 0.659. The predicted molar refractivity (Wildman–Crippen MR) is 77.1 cm³/mol. The van der Waals surface area contributed by atoms with Crippen molar-refractivity contribution in [1.82, 2.24) is 0 Å². The molecule has 1 amide bonds. The van der Waals surface area contributed by atoms with Gasteiger partial charge in [-0.3, -0.25) is 14.9 Å². The van der Waals surface area contributed by atoms with Crippen molar-refractivity contribution in [2.24, 2.45) is 0 Å². The number of nitrogens with one attached hydrogen (secondary N) is 1. The third kappa shape index (κ3) is 3.95. The van der Waals surface area contributed by atoms with E-state index < -0.39 is 22.5 Å². The fourth-order valence-electron chi connectivity index (χ4n) is 1.64. The molecule has 0 unspecified atom stereocenters. The van der Waals surface area contributed by atoms with Crippen LogP contribution in [-0.2, 0) is 4.79 Å². The van der Waals surface area contributed by atoms with Crippen molar-refractivity contribution >= 4 is 23.4 Å². The van der Waals surface area contributed by atoms with Crippen molar-refractivity contribution in [1.29, 1.82) is 0 Å². The molecule has 2 aromatic carbocycles. The van der Waals surface area contributed by atoms with E-state index >= 15 is 0 Å². The Hall–Kier alpha value is -3.09. The van der Waals surface area contributed by atoms with Gasteiger partial charge in [0.05, 0.1) is 4.92 Å². The van der Waals surface area contributed by atoms with E-state index in [0.29, 0.717) is 5.56 Å². The average Bonchev–Trinajstić information content (AvgIpc) is 2.49. The van der Waals surface area contributed by atoms with Gasteiger partial charge in [0, 0.05) is 30.0 Å². The number of nitro benzene ring substituents is 1. The molecule has 0 aliphatic rings. The Balaban J connectivity index is 2.01. The zero-order chi connectivity index (χ0) is 16.1. The van der Waals surface area contributed by atoms with Crippen LogP contribution in [0.15, 0.2) is 48.5 Å². The molecule has 2 rings (SSSR count). The van der Waals surface area contributed by atoms with Crippen LogP contribution in [0.3, 0.4) is 0 Å². The van der Waals surface area contributed by atoms with E-state index in [1.54, 1.807) is 0 Å². The molecule has 0 radical (unpaired) electrons. The Morgan fingerprint density at radius 2 is 1.77 bits per heavy atom. The van der Waals surface area contributed by atoms with Crippen molar-refractivity contribution < 1.29 is 18.5 Å². The lowest BCUT2D eigenvalue weighted by Crippen LogP contribution is -2.08. The molecule has 2 aromatic rings. The fourth-order valence-corrected chi connectivity index (χ4v) is 1.64. The summed E-state index contributed by atoms with van der Waals surface area (Å²) in [6.45, 7) is 0. The van der Waals surface area contributed by atoms with Crippen LogP contribution in [0.4, 0.5) is 20.2 Å². The first-order chi connectivity index (χ1) is 10.5. The number of nitro groups is 1. The number of hydrogen-bond donors (Lipinski definition) is 1. The van der Waals surface area contributed by atoms with Crippen LogP contribution in [0.1, 0.15) is 5.56 Å². The summed E-state index contributed by atoms with van der Waals surface area (Å²) in [4.78, 5) is 21.6. The number of hydrogen-bond acceptors (Lipinski definition) is 3. The number of nitrogens with zero attached hydrogens (tertiary/aromatic N) is 1. The Morgan fingerprint density at radius 3 is 2.36 bits per heavy atom. The molecule has 0 aliphatic carbocycles. The topological polar surface area (TPSA) is 72.2 Å². The van der Waals surface area contributed by atoms with Crippen molar-refractivity contribution in [2.45, 2.75) is 0 Å². The van der Waals surface area contributed by atoms with Gasteiger partial charge < -0.3 is 5.32 Å². The highest BCUT2D eigenvalue weighted by molar-refractivity contribution is 6.01. The minimum absolute atomic E-state index is 0.0524. The normalized spacial score (nSPS) is 10.6. The molecule has 0 aromatic heterocycles. The van der Waals surface area contributed by atoms with E-state index in [9.17, 15) is 23.7 Å². The zero-order valence-electron chi connectivity index (χ0n) is 11.1. The van der Waals surface area contributed by atoms with Gasteiger partial charge >= 0.3 is 0 Å². The first kappa shape index (κ1) is 15.3. The fraction of sp³-hybridized carbons (Fsp3) is 0. The lowest BCUT2D eigenvalue weighted by molar-refractivity contribution is -0.384. The van der Waals surface area contributed by atoms with Crippen molar-refractivity contribution in [2.75, 3.05) is 5.32 Å². The molecule has 7 heteroatoms. The molecule has 0 saturated heterocycles. The van der Waals surface area contributed by atoms with E-state index in [4.69, 9.17) is 0 Å². The summed E-state index contributed by atoms with van der Waals surface area (Å²) >= 11 is 0. The van der Waals surface area contributed by atoms with Crippen molar-refractivity contribution in [3.05, 3.63) is 75.9 Å². The summed E-state index contributed by atoms with van der Waals surface area (Å²) in [6.07, 6.45) is 2.63. The van der Waals surface area contributed by atoms with Crippen LogP contribution in [0.2, 0.25) is 0 Å². The Kier molecular flexibility index (Phi) is 4.57. The molecular formula is C15H10F2N2O3. The Bertz CT molecular complexity index is 743. The molecule has 0 aliphatic heterocycles. The van der Waals surface area contributed by atoms with Gasteiger partial charge in [0.25, 0.3) is 5.69 Å². The third-order valence-corrected chi connectivity index (χ3v) is 2.72. The van der Waals surface area contributed by atoms with Crippen LogP contribution < -0.4 is 5.32 Å². The summed E-state index contributed by atoms with van der Waals surface area (Å²) in [5, 5.41) is 12.9. The number of halogens is 2. The lowest BCUT2D eigenvalue weighted by atomic mass is 10.2. The largest absolute Gasteiger partial charge is 0.322 e. The molecule has 0 bridgehead atoms. The SMILES string of the molecule is O=C(C=Cc1ccc([N+](=O)[O-])cc1)Nc1ccc(F)c(F)c1. The van der Waals surface area contributed by atoms with E-state index in [2.05, 4.69) is 5.32 Å². The van der Waals surface area contributed by atoms with E-state index in [1.165, 1.54) is 42.5 Å². The number of rotatable bonds is 4. The van der Waals surface area contributed by atoms with Gasteiger partial charge in [-0.1, -0.05) is 0 Å². The van der Waals surface area contributed by atoms with Gasteiger partial charge in [-0.2, -0.15) is 0 Å². The van der Waals surface area contributed by atoms with Gasteiger partial charge in [0.2, 0.25) is 5.91 Å². The summed E-state index contributed by atoms with van der Waals surface area (Å²) in [5.74, 6) is -2.60. The molecule has 5 nitrogen and oxygen atoms in total. The number of carbonyl (C=O) groups is 1. The zero-order valence-corrected chi connectivity index (χ0v) is 11.1. The Labute approximate surface area is 124 Å². The molecule has 0 spiro atoms. The molecule has 0 fully saturated rings. The van der Waals surface area contributed by atoms with Crippen molar-refractivity contribution in [3.8, 4) is 0 Å². The monoisotopic (exact) mass is 304 g/mol. The number of non-ortho nitro benzene ring substituents is 1. The van der Waals surface area contributed by atoms with Crippen LogP contribution >= 0.6 is 0 Å². The molecule has 1 N–H and O–H groups in total. The number of amides is 1. The second-order valence-corrected chi connectivity index (χ2v) is 4.30. The van der Waals surface area contributed by atoms with Crippen LogP contribution in [0.5, 0.6) is 0 Å². The smallest absolute Gasteiger partial charge is 0.269 e. The first-order valence-electron chi connectivity index (χ1n) is 6.14. The second kappa shape index (κ2) is 6.57.